The topological polar surface area (TPSA) is 132 Å². The summed E-state index contributed by atoms with van der Waals surface area (Å²) in [5.74, 6) is 0.514. The molecule has 11 aromatic carbocycles. The molecule has 2 heterocycles. The van der Waals surface area contributed by atoms with E-state index in [0.717, 1.165) is 101 Å². The smallest absolute Gasteiger partial charge is 0.160 e. The minimum atomic E-state index is 0.366. The largest absolute Gasteiger partial charge is 0.310 e. The lowest BCUT2D eigenvalue weighted by molar-refractivity contribution is 1.15. The van der Waals surface area contributed by atoms with E-state index in [1.807, 2.05) is 140 Å². The number of anilines is 6. The van der Waals surface area contributed by atoms with Crippen molar-refractivity contribution in [2.24, 2.45) is 0 Å². The van der Waals surface area contributed by atoms with Crippen LogP contribution in [0.1, 0.15) is 22.3 Å². The molecule has 0 radical (unpaired) electrons. The third-order valence-corrected chi connectivity index (χ3v) is 14.9. The van der Waals surface area contributed by atoms with E-state index < -0.39 is 0 Å². The van der Waals surface area contributed by atoms with E-state index >= 15 is 0 Å². The van der Waals surface area contributed by atoms with Crippen LogP contribution in [0.3, 0.4) is 0 Å². The minimum Gasteiger partial charge on any atom is -0.310 e. The number of para-hydroxylation sites is 4. The van der Waals surface area contributed by atoms with Crippen molar-refractivity contribution in [3.63, 3.8) is 0 Å². The minimum absolute atomic E-state index is 0.366. The van der Waals surface area contributed by atoms with Crippen LogP contribution < -0.4 is 9.80 Å². The van der Waals surface area contributed by atoms with E-state index in [2.05, 4.69) is 148 Å². The zero-order valence-electron chi connectivity index (χ0n) is 44.5. The molecule has 0 aliphatic carbocycles. The van der Waals surface area contributed by atoms with Crippen LogP contribution >= 0.6 is 0 Å². The molecule has 0 atom stereocenters. The molecule has 0 unspecified atom stereocenters. The molecule has 9 nitrogen and oxygen atoms in total. The highest BCUT2D eigenvalue weighted by molar-refractivity contribution is 6.12. The van der Waals surface area contributed by atoms with Crippen LogP contribution in [0, 0.1) is 45.3 Å². The number of rotatable bonds is 12. The van der Waals surface area contributed by atoms with Crippen molar-refractivity contribution in [2.75, 3.05) is 9.80 Å². The molecule has 2 aromatic heterocycles. The van der Waals surface area contributed by atoms with Crippen molar-refractivity contribution in [1.29, 1.82) is 21.0 Å². The molecule has 0 fully saturated rings. The normalized spacial score (nSPS) is 10.8. The molecule has 0 saturated heterocycles. The van der Waals surface area contributed by atoms with Gasteiger partial charge >= 0.3 is 0 Å². The van der Waals surface area contributed by atoms with Crippen LogP contribution in [0.15, 0.2) is 273 Å². The summed E-state index contributed by atoms with van der Waals surface area (Å²) in [5.41, 5.74) is 17.5. The molecule has 0 amide bonds. The maximum absolute atomic E-state index is 11.2. The second-order valence-corrected chi connectivity index (χ2v) is 19.9. The second kappa shape index (κ2) is 21.9. The van der Waals surface area contributed by atoms with Crippen molar-refractivity contribution in [1.82, 2.24) is 14.5 Å². The van der Waals surface area contributed by atoms with Gasteiger partial charge in [-0.15, -0.1) is 0 Å². The third kappa shape index (κ3) is 9.73. The van der Waals surface area contributed by atoms with Crippen molar-refractivity contribution in [3.8, 4) is 86.1 Å². The van der Waals surface area contributed by atoms with Gasteiger partial charge in [0.1, 0.15) is 12.1 Å². The number of nitriles is 4. The Morgan fingerprint density at radius 2 is 0.627 bits per heavy atom. The molecule has 83 heavy (non-hydrogen) atoms. The molecule has 9 heteroatoms. The third-order valence-electron chi connectivity index (χ3n) is 14.9. The summed E-state index contributed by atoms with van der Waals surface area (Å²) >= 11 is 0. The van der Waals surface area contributed by atoms with Crippen LogP contribution in [0.2, 0.25) is 0 Å². The molecule has 386 valence electrons. The van der Waals surface area contributed by atoms with Gasteiger partial charge in [-0.1, -0.05) is 133 Å². The van der Waals surface area contributed by atoms with Gasteiger partial charge in [0.15, 0.2) is 5.82 Å². The van der Waals surface area contributed by atoms with Crippen LogP contribution in [-0.4, -0.2) is 14.5 Å². The van der Waals surface area contributed by atoms with Crippen molar-refractivity contribution in [2.45, 2.75) is 0 Å². The van der Waals surface area contributed by atoms with Crippen LogP contribution in [0.4, 0.5) is 34.1 Å². The summed E-state index contributed by atoms with van der Waals surface area (Å²) in [6.07, 6.45) is 0. The van der Waals surface area contributed by atoms with Gasteiger partial charge < -0.3 is 14.4 Å². The highest BCUT2D eigenvalue weighted by Crippen LogP contribution is 2.44. The van der Waals surface area contributed by atoms with Gasteiger partial charge in [0.2, 0.25) is 0 Å². The maximum atomic E-state index is 11.2. The Morgan fingerprint density at radius 3 is 0.988 bits per heavy atom. The summed E-state index contributed by atoms with van der Waals surface area (Å²) in [6, 6.07) is 100. The predicted molar refractivity (Wildman–Crippen MR) is 332 cm³/mol. The molecule has 0 N–H and O–H groups in total. The summed E-state index contributed by atoms with van der Waals surface area (Å²) in [7, 11) is 0. The van der Waals surface area contributed by atoms with Crippen molar-refractivity contribution >= 4 is 55.9 Å². The first-order valence-electron chi connectivity index (χ1n) is 26.9. The molecule has 13 aromatic rings. The zero-order chi connectivity index (χ0) is 56.2. The van der Waals surface area contributed by atoms with Crippen LogP contribution in [0.5, 0.6) is 0 Å². The van der Waals surface area contributed by atoms with Crippen LogP contribution in [-0.2, 0) is 0 Å². The highest BCUT2D eigenvalue weighted by atomic mass is 15.1. The molecule has 13 rings (SSSR count). The fourth-order valence-electron chi connectivity index (χ4n) is 10.9. The molecular formula is C74H45N9. The number of nitrogens with zero attached hydrogens (tertiary/aromatic N) is 9. The summed E-state index contributed by atoms with van der Waals surface area (Å²) in [5, 5.41) is 43.1. The second-order valence-electron chi connectivity index (χ2n) is 19.9. The summed E-state index contributed by atoms with van der Waals surface area (Å²) in [4.78, 5) is 14.4. The number of hydrogen-bond donors (Lipinski definition) is 0. The predicted octanol–water partition coefficient (Wildman–Crippen LogP) is 18.3. The number of aromatic nitrogens is 3. The average Bonchev–Trinajstić information content (AvgIpc) is 2.57. The molecule has 0 aliphatic rings. The van der Waals surface area contributed by atoms with Gasteiger partial charge in [0, 0.05) is 61.6 Å². The monoisotopic (exact) mass is 1060 g/mol. The lowest BCUT2D eigenvalue weighted by Gasteiger charge is -2.26. The van der Waals surface area contributed by atoms with Gasteiger partial charge in [-0.2, -0.15) is 21.0 Å². The van der Waals surface area contributed by atoms with Crippen LogP contribution in [0.25, 0.3) is 83.6 Å². The Morgan fingerprint density at radius 1 is 0.289 bits per heavy atom. The van der Waals surface area contributed by atoms with E-state index in [9.17, 15) is 21.0 Å². The summed E-state index contributed by atoms with van der Waals surface area (Å²) < 4.78 is 2.08. The molecule has 0 aliphatic heterocycles. The lowest BCUT2D eigenvalue weighted by Crippen LogP contribution is -2.09. The Labute approximate surface area is 480 Å². The Bertz CT molecular complexity index is 4400. The molecule has 0 saturated carbocycles. The number of fused-ring (bicyclic) bond motifs is 3. The van der Waals surface area contributed by atoms with Gasteiger partial charge in [-0.05, 0) is 162 Å². The van der Waals surface area contributed by atoms with E-state index in [-0.39, 0.29) is 0 Å². The van der Waals surface area contributed by atoms with E-state index in [1.165, 1.54) is 0 Å². The van der Waals surface area contributed by atoms with Crippen molar-refractivity contribution < 1.29 is 0 Å². The maximum Gasteiger partial charge on any atom is 0.160 e. The Hall–Kier alpha value is -12.1. The number of hydrogen-bond acceptors (Lipinski definition) is 8. The first-order chi connectivity index (χ1) is 40.9. The zero-order valence-corrected chi connectivity index (χ0v) is 44.5. The van der Waals surface area contributed by atoms with Gasteiger partial charge in [0.05, 0.1) is 62.5 Å². The standard InChI is InChI=1S/C74H45N9/c75-46-50-21-25-55(26-22-50)69-45-70(80-74(79-69)57-27-23-51(47-76)24-28-57)56-35-33-53(34-36-56)52-29-31-54(32-30-52)58-41-59(48-77)73(60(42-58)49-78)83-71-39-37-65(81(61-13-5-1-6-14-61)62-15-7-2-8-16-62)43-67(71)68-44-66(38-40-72(68)83)82(63-17-9-3-10-18-63)64-19-11-4-12-20-64/h1-45H. The Balaban J connectivity index is 0.883. The Kier molecular flexibility index (Phi) is 13.3. The fraction of sp³-hybridized carbons (Fsp3) is 0. The van der Waals surface area contributed by atoms with Crippen molar-refractivity contribution in [3.05, 3.63) is 295 Å². The highest BCUT2D eigenvalue weighted by Gasteiger charge is 2.24. The van der Waals surface area contributed by atoms with Gasteiger partial charge in [0.25, 0.3) is 0 Å². The number of benzene rings is 11. The fourth-order valence-corrected chi connectivity index (χ4v) is 10.9. The summed E-state index contributed by atoms with van der Waals surface area (Å²) in [6.45, 7) is 0. The van der Waals surface area contributed by atoms with E-state index in [4.69, 9.17) is 9.97 Å². The molecule has 0 bridgehead atoms. The molecular weight excluding hydrogens is 1010 g/mol. The first-order valence-corrected chi connectivity index (χ1v) is 26.9. The molecule has 0 spiro atoms. The quantitative estimate of drug-likeness (QED) is 0.118. The van der Waals surface area contributed by atoms with E-state index in [0.29, 0.717) is 39.5 Å². The van der Waals surface area contributed by atoms with Gasteiger partial charge in [-0.25, -0.2) is 9.97 Å². The van der Waals surface area contributed by atoms with Gasteiger partial charge in [-0.3, -0.25) is 0 Å². The average molecular weight is 1060 g/mol. The first kappa shape index (κ1) is 50.4. The van der Waals surface area contributed by atoms with E-state index in [1.54, 1.807) is 24.3 Å². The lowest BCUT2D eigenvalue weighted by atomic mass is 9.95. The SMILES string of the molecule is N#Cc1ccc(-c2cc(-c3ccc(-c4ccc(-c5cc(C#N)c(-n6c7ccc(N(c8ccccc8)c8ccccc8)cc7c7cc(N(c8ccccc8)c8ccccc8)ccc76)c(C#N)c5)cc4)cc3)nc(-c3ccc(C#N)cc3)n2)cc1.